The SMILES string of the molecule is CC(C)c1nc2ccnc(C(C(N)=O)c3ccncc3)c2cc1C1=CC=CCC#C1. The van der Waals surface area contributed by atoms with Crippen LogP contribution in [0.3, 0.4) is 0 Å². The Labute approximate surface area is 175 Å². The molecule has 0 saturated heterocycles. The fourth-order valence-electron chi connectivity index (χ4n) is 3.67. The summed E-state index contributed by atoms with van der Waals surface area (Å²) in [5, 5.41) is 0.799. The Bertz CT molecular complexity index is 1230. The molecule has 1 aliphatic rings. The molecule has 3 aromatic rings. The van der Waals surface area contributed by atoms with Gasteiger partial charge in [0.15, 0.2) is 0 Å². The Balaban J connectivity index is 1.99. The van der Waals surface area contributed by atoms with Crippen molar-refractivity contribution in [1.29, 1.82) is 0 Å². The molecule has 0 fully saturated rings. The molecule has 4 rings (SSSR count). The van der Waals surface area contributed by atoms with Crippen LogP contribution in [-0.2, 0) is 4.79 Å². The summed E-state index contributed by atoms with van der Waals surface area (Å²) in [7, 11) is 0. The lowest BCUT2D eigenvalue weighted by molar-refractivity contribution is -0.118. The monoisotopic (exact) mass is 394 g/mol. The number of carbonyl (C=O) groups excluding carboxylic acids is 1. The highest BCUT2D eigenvalue weighted by Crippen LogP contribution is 2.33. The van der Waals surface area contributed by atoms with Gasteiger partial charge in [0.05, 0.1) is 16.9 Å². The van der Waals surface area contributed by atoms with Crippen LogP contribution in [0.4, 0.5) is 0 Å². The van der Waals surface area contributed by atoms with E-state index >= 15 is 0 Å². The Kier molecular flexibility index (Phi) is 5.40. The van der Waals surface area contributed by atoms with E-state index in [0.717, 1.165) is 39.7 Å². The molecule has 1 aliphatic carbocycles. The van der Waals surface area contributed by atoms with E-state index < -0.39 is 11.8 Å². The fourth-order valence-corrected chi connectivity index (χ4v) is 3.67. The first kappa shape index (κ1) is 19.5. The predicted molar refractivity (Wildman–Crippen MR) is 118 cm³/mol. The van der Waals surface area contributed by atoms with Gasteiger partial charge in [0, 0.05) is 41.5 Å². The van der Waals surface area contributed by atoms with E-state index in [0.29, 0.717) is 5.69 Å². The minimum atomic E-state index is -0.689. The highest BCUT2D eigenvalue weighted by atomic mass is 16.1. The molecule has 5 nitrogen and oxygen atoms in total. The zero-order chi connectivity index (χ0) is 21.1. The van der Waals surface area contributed by atoms with Gasteiger partial charge in [0.2, 0.25) is 5.91 Å². The predicted octanol–water partition coefficient (Wildman–Crippen LogP) is 4.11. The highest BCUT2D eigenvalue weighted by molar-refractivity contribution is 5.94. The number of hydrogen-bond acceptors (Lipinski definition) is 4. The molecule has 30 heavy (non-hydrogen) atoms. The van der Waals surface area contributed by atoms with Gasteiger partial charge in [-0.1, -0.05) is 37.8 Å². The van der Waals surface area contributed by atoms with Crippen molar-refractivity contribution in [3.63, 3.8) is 0 Å². The van der Waals surface area contributed by atoms with Crippen LogP contribution in [0.25, 0.3) is 16.5 Å². The number of allylic oxidation sites excluding steroid dienone is 4. The van der Waals surface area contributed by atoms with Crippen LogP contribution in [0, 0.1) is 11.8 Å². The summed E-state index contributed by atoms with van der Waals surface area (Å²) in [4.78, 5) is 26.0. The Hall–Kier alpha value is -3.78. The number of aromatic nitrogens is 3. The summed E-state index contributed by atoms with van der Waals surface area (Å²) in [6, 6.07) is 7.50. The number of hydrogen-bond donors (Lipinski definition) is 1. The van der Waals surface area contributed by atoms with Gasteiger partial charge in [0.1, 0.15) is 5.92 Å². The fraction of sp³-hybridized carbons (Fsp3) is 0.200. The van der Waals surface area contributed by atoms with Crippen LogP contribution in [0.2, 0.25) is 0 Å². The normalized spacial score (nSPS) is 14.0. The van der Waals surface area contributed by atoms with Crippen molar-refractivity contribution >= 4 is 22.4 Å². The number of carbonyl (C=O) groups is 1. The minimum Gasteiger partial charge on any atom is -0.369 e. The molecule has 3 heterocycles. The van der Waals surface area contributed by atoms with E-state index in [1.54, 1.807) is 30.7 Å². The molecule has 5 heteroatoms. The zero-order valence-electron chi connectivity index (χ0n) is 17.0. The van der Waals surface area contributed by atoms with Crippen molar-refractivity contribution in [2.75, 3.05) is 0 Å². The summed E-state index contributed by atoms with van der Waals surface area (Å²) in [5.41, 5.74) is 10.8. The third-order valence-corrected chi connectivity index (χ3v) is 5.08. The third kappa shape index (κ3) is 3.72. The van der Waals surface area contributed by atoms with Crippen molar-refractivity contribution in [2.45, 2.75) is 32.1 Å². The maximum Gasteiger partial charge on any atom is 0.231 e. The lowest BCUT2D eigenvalue weighted by Crippen LogP contribution is -2.23. The van der Waals surface area contributed by atoms with Crippen molar-refractivity contribution in [2.24, 2.45) is 5.73 Å². The van der Waals surface area contributed by atoms with Crippen molar-refractivity contribution < 1.29 is 4.79 Å². The molecular formula is C25H22N4O. The van der Waals surface area contributed by atoms with Gasteiger partial charge in [-0.15, -0.1) is 0 Å². The largest absolute Gasteiger partial charge is 0.369 e. The number of rotatable bonds is 5. The van der Waals surface area contributed by atoms with Crippen molar-refractivity contribution in [3.05, 3.63) is 83.6 Å². The lowest BCUT2D eigenvalue weighted by atomic mass is 9.90. The molecule has 0 saturated carbocycles. The maximum absolute atomic E-state index is 12.4. The molecule has 0 aromatic carbocycles. The molecule has 2 N–H and O–H groups in total. The van der Waals surface area contributed by atoms with Crippen LogP contribution >= 0.6 is 0 Å². The van der Waals surface area contributed by atoms with Crippen LogP contribution in [-0.4, -0.2) is 20.9 Å². The number of pyridine rings is 3. The quantitative estimate of drug-likeness (QED) is 0.660. The van der Waals surface area contributed by atoms with Gasteiger partial charge in [-0.2, -0.15) is 0 Å². The van der Waals surface area contributed by atoms with E-state index in [1.165, 1.54) is 0 Å². The molecule has 0 radical (unpaired) electrons. The van der Waals surface area contributed by atoms with Crippen LogP contribution in [0.5, 0.6) is 0 Å². The lowest BCUT2D eigenvalue weighted by Gasteiger charge is -2.18. The first-order valence-corrected chi connectivity index (χ1v) is 9.91. The van der Waals surface area contributed by atoms with E-state index in [4.69, 9.17) is 10.7 Å². The van der Waals surface area contributed by atoms with Crippen molar-refractivity contribution in [3.8, 4) is 11.8 Å². The van der Waals surface area contributed by atoms with E-state index in [9.17, 15) is 4.79 Å². The summed E-state index contributed by atoms with van der Waals surface area (Å²) in [5.74, 6) is 5.47. The minimum absolute atomic E-state index is 0.211. The molecular weight excluding hydrogens is 372 g/mol. The second-order valence-corrected chi connectivity index (χ2v) is 7.47. The number of fused-ring (bicyclic) bond motifs is 1. The van der Waals surface area contributed by atoms with Gasteiger partial charge in [0.25, 0.3) is 0 Å². The van der Waals surface area contributed by atoms with Crippen LogP contribution in [0.15, 0.2) is 61.1 Å². The smallest absolute Gasteiger partial charge is 0.231 e. The first-order chi connectivity index (χ1) is 14.6. The van der Waals surface area contributed by atoms with Gasteiger partial charge in [-0.05, 0) is 41.8 Å². The summed E-state index contributed by atoms with van der Waals surface area (Å²) in [6.07, 6.45) is 11.7. The van der Waals surface area contributed by atoms with Crippen LogP contribution in [0.1, 0.15) is 54.6 Å². The average Bonchev–Trinajstić information content (AvgIpc) is 3.03. The number of primary amides is 1. The number of amides is 1. The van der Waals surface area contributed by atoms with Gasteiger partial charge >= 0.3 is 0 Å². The second kappa shape index (κ2) is 8.30. The van der Waals surface area contributed by atoms with E-state index in [1.807, 2.05) is 24.3 Å². The Morgan fingerprint density at radius 1 is 1.13 bits per heavy atom. The second-order valence-electron chi connectivity index (χ2n) is 7.47. The highest BCUT2D eigenvalue weighted by Gasteiger charge is 2.25. The van der Waals surface area contributed by atoms with Crippen LogP contribution < -0.4 is 5.73 Å². The Morgan fingerprint density at radius 2 is 1.93 bits per heavy atom. The maximum atomic E-state index is 12.4. The van der Waals surface area contributed by atoms with Crippen molar-refractivity contribution in [1.82, 2.24) is 15.0 Å². The molecule has 1 amide bonds. The molecule has 1 atom stereocenters. The summed E-state index contributed by atoms with van der Waals surface area (Å²) >= 11 is 0. The third-order valence-electron chi connectivity index (χ3n) is 5.08. The molecule has 0 bridgehead atoms. The summed E-state index contributed by atoms with van der Waals surface area (Å²) < 4.78 is 0. The average molecular weight is 394 g/mol. The molecule has 148 valence electrons. The standard InChI is InChI=1S/C25H22N4O/c1-16(2)23-19(17-7-5-3-4-6-8-17)15-20-21(29-23)11-14-28-24(20)22(25(26)30)18-9-12-27-13-10-18/h3,5,7,9-16,22H,4H2,1-2H3,(H2,26,30). The van der Waals surface area contributed by atoms with Gasteiger partial charge in [-0.25, -0.2) is 0 Å². The zero-order valence-corrected chi connectivity index (χ0v) is 17.0. The molecule has 1 unspecified atom stereocenters. The number of nitrogens with zero attached hydrogens (tertiary/aromatic N) is 3. The van der Waals surface area contributed by atoms with E-state index in [2.05, 4.69) is 41.7 Å². The van der Waals surface area contributed by atoms with Gasteiger partial charge in [-0.3, -0.25) is 19.7 Å². The topological polar surface area (TPSA) is 81.8 Å². The van der Waals surface area contributed by atoms with Gasteiger partial charge < -0.3 is 5.73 Å². The molecule has 3 aromatic heterocycles. The number of nitrogens with two attached hydrogens (primary N) is 1. The molecule has 0 spiro atoms. The van der Waals surface area contributed by atoms with E-state index in [-0.39, 0.29) is 5.92 Å². The summed E-state index contributed by atoms with van der Waals surface area (Å²) in [6.45, 7) is 4.23. The first-order valence-electron chi connectivity index (χ1n) is 9.91. The molecule has 0 aliphatic heterocycles. The Morgan fingerprint density at radius 3 is 2.67 bits per heavy atom.